The first-order valence-corrected chi connectivity index (χ1v) is 4.55. The summed E-state index contributed by atoms with van der Waals surface area (Å²) in [5, 5.41) is 0.196. The van der Waals surface area contributed by atoms with Crippen molar-refractivity contribution in [3.05, 3.63) is 0 Å². The van der Waals surface area contributed by atoms with Crippen molar-refractivity contribution in [2.45, 2.75) is 36.5 Å². The summed E-state index contributed by atoms with van der Waals surface area (Å²) < 4.78 is 0.192. The van der Waals surface area contributed by atoms with Crippen LogP contribution in [0.4, 0.5) is 0 Å². The maximum atomic E-state index is 10.8. The molecule has 1 spiro atoms. The predicted molar refractivity (Wildman–Crippen MR) is 41.8 cm³/mol. The van der Waals surface area contributed by atoms with E-state index in [2.05, 4.69) is 0 Å². The van der Waals surface area contributed by atoms with E-state index < -0.39 is 0 Å². The zero-order valence-corrected chi connectivity index (χ0v) is 6.62. The highest BCUT2D eigenvalue weighted by atomic mass is 32.2. The zero-order chi connectivity index (χ0) is 7.19. The van der Waals surface area contributed by atoms with Crippen LogP contribution < -0.4 is 5.73 Å². The number of hydrogen-bond donors (Lipinski definition) is 1. The average Bonchev–Trinajstić information content (AvgIpc) is 2.38. The van der Waals surface area contributed by atoms with Gasteiger partial charge in [0.2, 0.25) is 5.12 Å². The molecule has 10 heavy (non-hydrogen) atoms. The molecule has 2 rings (SSSR count). The van der Waals surface area contributed by atoms with Gasteiger partial charge in [0, 0.05) is 4.75 Å². The van der Waals surface area contributed by atoms with Gasteiger partial charge in [0.05, 0.1) is 6.04 Å². The van der Waals surface area contributed by atoms with Crippen molar-refractivity contribution >= 4 is 16.9 Å². The molecule has 0 aromatic rings. The maximum Gasteiger partial charge on any atom is 0.207 e. The lowest BCUT2D eigenvalue weighted by molar-refractivity contribution is -0.114. The highest BCUT2D eigenvalue weighted by Crippen LogP contribution is 2.52. The second kappa shape index (κ2) is 1.98. The molecule has 0 radical (unpaired) electrons. The summed E-state index contributed by atoms with van der Waals surface area (Å²) in [5.41, 5.74) is 5.69. The summed E-state index contributed by atoms with van der Waals surface area (Å²) >= 11 is 1.48. The fourth-order valence-electron chi connectivity index (χ4n) is 1.87. The van der Waals surface area contributed by atoms with E-state index in [1.54, 1.807) is 0 Å². The van der Waals surface area contributed by atoms with Crippen LogP contribution in [-0.4, -0.2) is 15.9 Å². The Hall–Kier alpha value is -0.0200. The molecule has 1 saturated heterocycles. The summed E-state index contributed by atoms with van der Waals surface area (Å²) in [4.78, 5) is 10.8. The molecule has 0 aromatic carbocycles. The Morgan fingerprint density at radius 1 is 1.50 bits per heavy atom. The molecular weight excluding hydrogens is 146 g/mol. The Kier molecular flexibility index (Phi) is 1.32. The average molecular weight is 157 g/mol. The Balaban J connectivity index is 2.12. The minimum atomic E-state index is -0.139. The third kappa shape index (κ3) is 0.676. The van der Waals surface area contributed by atoms with Gasteiger partial charge in [-0.2, -0.15) is 0 Å². The number of nitrogens with two attached hydrogens (primary N) is 1. The smallest absolute Gasteiger partial charge is 0.207 e. The number of hydrogen-bond acceptors (Lipinski definition) is 3. The minimum absolute atomic E-state index is 0.139. The van der Waals surface area contributed by atoms with Crippen molar-refractivity contribution in [2.75, 3.05) is 0 Å². The van der Waals surface area contributed by atoms with E-state index in [1.165, 1.54) is 24.6 Å². The van der Waals surface area contributed by atoms with Crippen LogP contribution in [0.1, 0.15) is 25.7 Å². The van der Waals surface area contributed by atoms with Crippen LogP contribution >= 0.6 is 11.8 Å². The number of rotatable bonds is 0. The largest absolute Gasteiger partial charge is 0.320 e. The van der Waals surface area contributed by atoms with Crippen LogP contribution in [0.3, 0.4) is 0 Å². The van der Waals surface area contributed by atoms with E-state index in [1.807, 2.05) is 0 Å². The summed E-state index contributed by atoms with van der Waals surface area (Å²) in [6.07, 6.45) is 4.83. The van der Waals surface area contributed by atoms with E-state index in [0.717, 1.165) is 12.8 Å². The number of thioether (sulfide) groups is 1. The van der Waals surface area contributed by atoms with Crippen LogP contribution in [0.15, 0.2) is 0 Å². The van der Waals surface area contributed by atoms with Gasteiger partial charge >= 0.3 is 0 Å². The first-order chi connectivity index (χ1) is 4.75. The molecule has 2 fully saturated rings. The highest BCUT2D eigenvalue weighted by molar-refractivity contribution is 8.17. The van der Waals surface area contributed by atoms with Crippen molar-refractivity contribution in [2.24, 2.45) is 5.73 Å². The van der Waals surface area contributed by atoms with Crippen LogP contribution in [0.25, 0.3) is 0 Å². The standard InChI is InChI=1S/C7H11NOS/c8-5-6(9)10-7(5)3-1-2-4-7/h5H,1-4,8H2. The quantitative estimate of drug-likeness (QED) is 0.568. The molecule has 1 heterocycles. The third-order valence-corrected chi connectivity index (χ3v) is 4.10. The van der Waals surface area contributed by atoms with Crippen LogP contribution in [0, 0.1) is 0 Å². The van der Waals surface area contributed by atoms with Gasteiger partial charge in [0.15, 0.2) is 0 Å². The molecule has 3 heteroatoms. The van der Waals surface area contributed by atoms with Crippen LogP contribution in [0.5, 0.6) is 0 Å². The lowest BCUT2D eigenvalue weighted by Crippen LogP contribution is -2.57. The van der Waals surface area contributed by atoms with Gasteiger partial charge in [0.25, 0.3) is 0 Å². The topological polar surface area (TPSA) is 43.1 Å². The van der Waals surface area contributed by atoms with Gasteiger partial charge in [-0.1, -0.05) is 24.6 Å². The Morgan fingerprint density at radius 2 is 2.10 bits per heavy atom. The molecule has 0 amide bonds. The molecule has 0 aromatic heterocycles. The van der Waals surface area contributed by atoms with Gasteiger partial charge in [-0.3, -0.25) is 4.79 Å². The number of carbonyl (C=O) groups is 1. The van der Waals surface area contributed by atoms with Gasteiger partial charge in [-0.15, -0.1) is 0 Å². The lowest BCUT2D eigenvalue weighted by Gasteiger charge is -2.41. The van der Waals surface area contributed by atoms with E-state index in [-0.39, 0.29) is 15.9 Å². The van der Waals surface area contributed by atoms with Crippen molar-refractivity contribution in [1.82, 2.24) is 0 Å². The molecule has 2 N–H and O–H groups in total. The van der Waals surface area contributed by atoms with E-state index in [9.17, 15) is 4.79 Å². The Morgan fingerprint density at radius 3 is 2.50 bits per heavy atom. The first kappa shape index (κ1) is 6.68. The normalized spacial score (nSPS) is 36.5. The summed E-state index contributed by atoms with van der Waals surface area (Å²) in [7, 11) is 0. The van der Waals surface area contributed by atoms with Crippen LogP contribution in [0.2, 0.25) is 0 Å². The molecule has 1 saturated carbocycles. The maximum absolute atomic E-state index is 10.8. The third-order valence-electron chi connectivity index (χ3n) is 2.57. The lowest BCUT2D eigenvalue weighted by atomic mass is 9.97. The SMILES string of the molecule is NC1C(=O)SC12CCCC2. The molecule has 2 nitrogen and oxygen atoms in total. The second-order valence-electron chi connectivity index (χ2n) is 3.17. The van der Waals surface area contributed by atoms with E-state index in [4.69, 9.17) is 5.73 Å². The molecule has 56 valence electrons. The fourth-order valence-corrected chi connectivity index (χ4v) is 3.16. The first-order valence-electron chi connectivity index (χ1n) is 3.73. The van der Waals surface area contributed by atoms with Crippen molar-refractivity contribution in [1.29, 1.82) is 0 Å². The van der Waals surface area contributed by atoms with Gasteiger partial charge in [-0.05, 0) is 12.8 Å². The molecule has 2 aliphatic rings. The fraction of sp³-hybridized carbons (Fsp3) is 0.857. The van der Waals surface area contributed by atoms with Gasteiger partial charge in [-0.25, -0.2) is 0 Å². The number of carbonyl (C=O) groups excluding carboxylic acids is 1. The van der Waals surface area contributed by atoms with Crippen molar-refractivity contribution in [3.8, 4) is 0 Å². The minimum Gasteiger partial charge on any atom is -0.320 e. The highest BCUT2D eigenvalue weighted by Gasteiger charge is 2.53. The predicted octanol–water partition coefficient (Wildman–Crippen LogP) is 0.900. The molecule has 1 aliphatic carbocycles. The monoisotopic (exact) mass is 157 g/mol. The molecule has 1 aliphatic heterocycles. The van der Waals surface area contributed by atoms with E-state index >= 15 is 0 Å². The zero-order valence-electron chi connectivity index (χ0n) is 5.80. The Bertz CT molecular complexity index is 174. The summed E-state index contributed by atoms with van der Waals surface area (Å²) in [6, 6.07) is -0.139. The molecule has 1 atom stereocenters. The van der Waals surface area contributed by atoms with Crippen LogP contribution in [-0.2, 0) is 4.79 Å². The molecule has 1 unspecified atom stereocenters. The second-order valence-corrected chi connectivity index (χ2v) is 4.59. The molecular formula is C7H11NOS. The summed E-state index contributed by atoms with van der Waals surface area (Å²) in [5.74, 6) is 0. The molecule has 0 bridgehead atoms. The Labute approximate surface area is 64.5 Å². The van der Waals surface area contributed by atoms with E-state index in [0.29, 0.717) is 0 Å². The van der Waals surface area contributed by atoms with Gasteiger partial charge in [0.1, 0.15) is 0 Å². The van der Waals surface area contributed by atoms with Gasteiger partial charge < -0.3 is 5.73 Å². The van der Waals surface area contributed by atoms with Crippen molar-refractivity contribution < 1.29 is 4.79 Å². The van der Waals surface area contributed by atoms with Crippen molar-refractivity contribution in [3.63, 3.8) is 0 Å². The summed E-state index contributed by atoms with van der Waals surface area (Å²) in [6.45, 7) is 0.